The number of hydrogen-bond acceptors (Lipinski definition) is 2. The van der Waals surface area contributed by atoms with Gasteiger partial charge in [-0.05, 0) is 25.0 Å². The molecule has 0 aromatic heterocycles. The second kappa shape index (κ2) is 5.13. The van der Waals surface area contributed by atoms with Gasteiger partial charge >= 0.3 is 0 Å². The number of aromatic hydroxyl groups is 2. The first-order valence-corrected chi connectivity index (χ1v) is 6.20. The van der Waals surface area contributed by atoms with Crippen LogP contribution in [0, 0.1) is 6.92 Å². The number of phenols is 2. The summed E-state index contributed by atoms with van der Waals surface area (Å²) in [6, 6.07) is 13.1. The van der Waals surface area contributed by atoms with E-state index in [1.807, 2.05) is 0 Å². The van der Waals surface area contributed by atoms with Gasteiger partial charge in [0, 0.05) is 17.5 Å². The molecule has 2 N–H and O–H groups in total. The summed E-state index contributed by atoms with van der Waals surface area (Å²) < 4.78 is 0. The van der Waals surface area contributed by atoms with Crippen LogP contribution < -0.4 is 0 Å². The van der Waals surface area contributed by atoms with Crippen LogP contribution in [0.4, 0.5) is 0 Å². The summed E-state index contributed by atoms with van der Waals surface area (Å²) in [7, 11) is 0. The first-order chi connectivity index (χ1) is 8.61. The van der Waals surface area contributed by atoms with E-state index in [1.165, 1.54) is 17.2 Å². The molecule has 0 amide bonds. The van der Waals surface area contributed by atoms with Crippen molar-refractivity contribution in [1.82, 2.24) is 0 Å². The Bertz CT molecular complexity index is 529. The predicted molar refractivity (Wildman–Crippen MR) is 73.1 cm³/mol. The van der Waals surface area contributed by atoms with Crippen LogP contribution in [-0.4, -0.2) is 10.2 Å². The van der Waals surface area contributed by atoms with E-state index in [9.17, 15) is 10.2 Å². The molecule has 2 aromatic carbocycles. The molecule has 0 saturated heterocycles. The van der Waals surface area contributed by atoms with Crippen molar-refractivity contribution in [3.8, 4) is 11.5 Å². The molecule has 2 rings (SSSR count). The molecule has 0 radical (unpaired) electrons. The van der Waals surface area contributed by atoms with Crippen LogP contribution >= 0.6 is 0 Å². The summed E-state index contributed by atoms with van der Waals surface area (Å²) in [5.41, 5.74) is 3.27. The van der Waals surface area contributed by atoms with Crippen molar-refractivity contribution in [3.05, 3.63) is 59.2 Å². The summed E-state index contributed by atoms with van der Waals surface area (Å²) in [4.78, 5) is 0. The second-order valence-corrected chi connectivity index (χ2v) is 4.61. The minimum atomic E-state index is 0.0926. The lowest BCUT2D eigenvalue weighted by atomic mass is 9.88. The fourth-order valence-corrected chi connectivity index (χ4v) is 2.26. The molecule has 2 aromatic rings. The third-order valence-electron chi connectivity index (χ3n) is 3.28. The Morgan fingerprint density at radius 3 is 2.22 bits per heavy atom. The summed E-state index contributed by atoms with van der Waals surface area (Å²) in [5.74, 6) is 0.406. The molecule has 2 nitrogen and oxygen atoms in total. The smallest absolute Gasteiger partial charge is 0.123 e. The molecule has 0 aliphatic rings. The zero-order valence-electron chi connectivity index (χ0n) is 10.7. The van der Waals surface area contributed by atoms with E-state index >= 15 is 0 Å². The lowest BCUT2D eigenvalue weighted by molar-refractivity contribution is 0.443. The molecule has 0 aliphatic heterocycles. The van der Waals surface area contributed by atoms with Crippen LogP contribution in [0.25, 0.3) is 0 Å². The van der Waals surface area contributed by atoms with Crippen molar-refractivity contribution in [2.75, 3.05) is 0 Å². The molecule has 0 aliphatic carbocycles. The van der Waals surface area contributed by atoms with Crippen molar-refractivity contribution in [2.45, 2.75) is 26.2 Å². The maximum atomic E-state index is 9.95. The summed E-state index contributed by atoms with van der Waals surface area (Å²) >= 11 is 0. The summed E-state index contributed by atoms with van der Waals surface area (Å²) in [6.07, 6.45) is 0.904. The highest BCUT2D eigenvalue weighted by Crippen LogP contribution is 2.35. The van der Waals surface area contributed by atoms with E-state index < -0.39 is 0 Å². The molecular formula is C16H18O2. The Balaban J connectivity index is 2.41. The summed E-state index contributed by atoms with van der Waals surface area (Å²) in [6.45, 7) is 4.15. The molecule has 0 saturated carbocycles. The van der Waals surface area contributed by atoms with Crippen LogP contribution in [0.15, 0.2) is 42.5 Å². The lowest BCUT2D eigenvalue weighted by Gasteiger charge is -2.17. The maximum absolute atomic E-state index is 9.95. The van der Waals surface area contributed by atoms with Gasteiger partial charge in [-0.15, -0.1) is 0 Å². The van der Waals surface area contributed by atoms with Gasteiger partial charge in [0.2, 0.25) is 0 Å². The first kappa shape index (κ1) is 12.5. The highest BCUT2D eigenvalue weighted by molar-refractivity contribution is 5.45. The van der Waals surface area contributed by atoms with Gasteiger partial charge in [-0.1, -0.05) is 42.8 Å². The van der Waals surface area contributed by atoms with Crippen LogP contribution in [0.5, 0.6) is 11.5 Å². The molecule has 18 heavy (non-hydrogen) atoms. The van der Waals surface area contributed by atoms with E-state index in [0.29, 0.717) is 0 Å². The van der Waals surface area contributed by atoms with Crippen molar-refractivity contribution in [3.63, 3.8) is 0 Å². The van der Waals surface area contributed by atoms with Crippen molar-refractivity contribution in [1.29, 1.82) is 0 Å². The van der Waals surface area contributed by atoms with E-state index in [1.54, 1.807) is 12.1 Å². The van der Waals surface area contributed by atoms with E-state index in [0.717, 1.165) is 12.0 Å². The fourth-order valence-electron chi connectivity index (χ4n) is 2.26. The highest BCUT2D eigenvalue weighted by atomic mass is 16.3. The first-order valence-electron chi connectivity index (χ1n) is 6.20. The highest BCUT2D eigenvalue weighted by Gasteiger charge is 2.15. The van der Waals surface area contributed by atoms with Gasteiger partial charge in [0.1, 0.15) is 11.5 Å². The Morgan fingerprint density at radius 2 is 1.67 bits per heavy atom. The normalized spacial score (nSPS) is 12.3. The predicted octanol–water partition coefficient (Wildman–Crippen LogP) is 3.95. The number of benzene rings is 2. The van der Waals surface area contributed by atoms with Gasteiger partial charge in [-0.3, -0.25) is 0 Å². The van der Waals surface area contributed by atoms with Crippen LogP contribution in [0.3, 0.4) is 0 Å². The zero-order valence-corrected chi connectivity index (χ0v) is 10.7. The molecule has 94 valence electrons. The quantitative estimate of drug-likeness (QED) is 0.855. The van der Waals surface area contributed by atoms with Crippen LogP contribution in [-0.2, 0) is 0 Å². The summed E-state index contributed by atoms with van der Waals surface area (Å²) in [5, 5.41) is 19.3. The molecule has 0 bridgehead atoms. The maximum Gasteiger partial charge on any atom is 0.123 e. The molecule has 0 spiro atoms. The number of rotatable bonds is 3. The number of phenolic OH excluding ortho intramolecular Hbond substituents is 2. The van der Waals surface area contributed by atoms with Crippen molar-refractivity contribution >= 4 is 0 Å². The Kier molecular flexibility index (Phi) is 3.56. The third kappa shape index (κ3) is 2.48. The minimum absolute atomic E-state index is 0.0926. The van der Waals surface area contributed by atoms with Crippen LogP contribution in [0.2, 0.25) is 0 Å². The van der Waals surface area contributed by atoms with E-state index in [4.69, 9.17) is 0 Å². The molecule has 1 unspecified atom stereocenters. The Hall–Kier alpha value is -1.96. The van der Waals surface area contributed by atoms with Gasteiger partial charge in [0.05, 0.1) is 0 Å². The largest absolute Gasteiger partial charge is 0.508 e. The topological polar surface area (TPSA) is 40.5 Å². The zero-order chi connectivity index (χ0) is 13.1. The van der Waals surface area contributed by atoms with Crippen molar-refractivity contribution < 1.29 is 10.2 Å². The van der Waals surface area contributed by atoms with Gasteiger partial charge in [0.15, 0.2) is 0 Å². The second-order valence-electron chi connectivity index (χ2n) is 4.61. The molecule has 0 fully saturated rings. The van der Waals surface area contributed by atoms with Gasteiger partial charge < -0.3 is 10.2 Å². The fraction of sp³-hybridized carbons (Fsp3) is 0.250. The molecule has 0 heterocycles. The number of aryl methyl sites for hydroxylation is 1. The van der Waals surface area contributed by atoms with Gasteiger partial charge in [0.25, 0.3) is 0 Å². The average molecular weight is 242 g/mol. The molecule has 2 heteroatoms. The van der Waals surface area contributed by atoms with E-state index in [-0.39, 0.29) is 17.4 Å². The van der Waals surface area contributed by atoms with Gasteiger partial charge in [-0.2, -0.15) is 0 Å². The van der Waals surface area contributed by atoms with Crippen molar-refractivity contribution in [2.24, 2.45) is 0 Å². The SMILES string of the molecule is CCC(c1ccc(C)cc1)c1ccc(O)cc1O. The minimum Gasteiger partial charge on any atom is -0.508 e. The van der Waals surface area contributed by atoms with Crippen LogP contribution in [0.1, 0.15) is 36.0 Å². The standard InChI is InChI=1S/C16H18O2/c1-3-14(12-6-4-11(2)5-7-12)15-9-8-13(17)10-16(15)18/h4-10,14,17-18H,3H2,1-2H3. The Morgan fingerprint density at radius 1 is 1.00 bits per heavy atom. The van der Waals surface area contributed by atoms with Gasteiger partial charge in [-0.25, -0.2) is 0 Å². The average Bonchev–Trinajstić information content (AvgIpc) is 2.35. The Labute approximate surface area is 108 Å². The monoisotopic (exact) mass is 242 g/mol. The lowest BCUT2D eigenvalue weighted by Crippen LogP contribution is -2.00. The number of hydrogen-bond donors (Lipinski definition) is 2. The molecule has 1 atom stereocenters. The molecular weight excluding hydrogens is 224 g/mol. The third-order valence-corrected chi connectivity index (χ3v) is 3.28. The van der Waals surface area contributed by atoms with E-state index in [2.05, 4.69) is 38.1 Å².